The van der Waals surface area contributed by atoms with Gasteiger partial charge >= 0.3 is 0 Å². The van der Waals surface area contributed by atoms with Crippen LogP contribution in [-0.2, 0) is 4.74 Å². The number of ether oxygens (including phenoxy) is 1. The van der Waals surface area contributed by atoms with Gasteiger partial charge in [-0.15, -0.1) is 0 Å². The second-order valence-corrected chi connectivity index (χ2v) is 5.98. The van der Waals surface area contributed by atoms with Crippen molar-refractivity contribution in [3.63, 3.8) is 0 Å². The Balaban J connectivity index is 1.61. The molecule has 2 nitrogen and oxygen atoms in total. The Morgan fingerprint density at radius 1 is 1.15 bits per heavy atom. The number of rotatable bonds is 0. The highest BCUT2D eigenvalue weighted by molar-refractivity contribution is 5.27. The van der Waals surface area contributed by atoms with Crippen molar-refractivity contribution in [2.24, 2.45) is 29.6 Å². The van der Waals surface area contributed by atoms with Gasteiger partial charge in [-0.2, -0.15) is 0 Å². The molecule has 1 N–H and O–H groups in total. The molecule has 1 aliphatic heterocycles. The van der Waals surface area contributed by atoms with E-state index in [4.69, 9.17) is 4.74 Å². The summed E-state index contributed by atoms with van der Waals surface area (Å²) < 4.78 is 5.64. The molecule has 4 saturated carbocycles. The van der Waals surface area contributed by atoms with Gasteiger partial charge < -0.3 is 9.84 Å². The van der Waals surface area contributed by atoms with Gasteiger partial charge in [0, 0.05) is 0 Å². The summed E-state index contributed by atoms with van der Waals surface area (Å²) in [7, 11) is 0. The van der Waals surface area contributed by atoms with E-state index in [-0.39, 0.29) is 5.60 Å². The largest absolute Gasteiger partial charge is 0.390 e. The maximum Gasteiger partial charge on any atom is 0.0875 e. The van der Waals surface area contributed by atoms with Crippen molar-refractivity contribution in [1.29, 1.82) is 0 Å². The molecule has 0 aromatic rings. The Hall–Kier alpha value is -0.0800. The minimum absolute atomic E-state index is 0.190. The highest BCUT2D eigenvalue weighted by Gasteiger charge is 2.78. The molecule has 70 valence electrons. The minimum atomic E-state index is -0.190. The Bertz CT molecular complexity index is 315. The zero-order chi connectivity index (χ0) is 8.37. The van der Waals surface area contributed by atoms with Gasteiger partial charge in [0.1, 0.15) is 0 Å². The van der Waals surface area contributed by atoms with Crippen molar-refractivity contribution < 1.29 is 9.84 Å². The maximum atomic E-state index is 10.1. The lowest BCUT2D eigenvalue weighted by molar-refractivity contribution is -0.225. The van der Waals surface area contributed by atoms with Crippen LogP contribution in [-0.4, -0.2) is 22.9 Å². The molecule has 1 saturated heterocycles. The quantitative estimate of drug-likeness (QED) is 0.556. The summed E-state index contributed by atoms with van der Waals surface area (Å²) in [5.74, 6) is 4.26. The van der Waals surface area contributed by atoms with E-state index >= 15 is 0 Å². The molecule has 5 rings (SSSR count). The molecule has 0 bridgehead atoms. The van der Waals surface area contributed by atoms with Gasteiger partial charge in [0.15, 0.2) is 0 Å². The summed E-state index contributed by atoms with van der Waals surface area (Å²) in [6.45, 7) is 0. The van der Waals surface area contributed by atoms with Crippen molar-refractivity contribution in [3.8, 4) is 0 Å². The summed E-state index contributed by atoms with van der Waals surface area (Å²) in [4.78, 5) is 0. The van der Waals surface area contributed by atoms with Crippen LogP contribution in [0.15, 0.2) is 0 Å². The first-order valence-corrected chi connectivity index (χ1v) is 5.66. The third kappa shape index (κ3) is 0.471. The molecule has 0 spiro atoms. The molecule has 8 atom stereocenters. The second-order valence-electron chi connectivity index (χ2n) is 5.98. The van der Waals surface area contributed by atoms with E-state index in [0.717, 1.165) is 36.5 Å². The van der Waals surface area contributed by atoms with Crippen LogP contribution >= 0.6 is 0 Å². The lowest BCUT2D eigenvalue weighted by Crippen LogP contribution is -2.64. The minimum Gasteiger partial charge on any atom is -0.390 e. The average Bonchev–Trinajstić information content (AvgIpc) is 2.70. The van der Waals surface area contributed by atoms with Crippen LogP contribution in [0.1, 0.15) is 19.3 Å². The number of fused-ring (bicyclic) bond motifs is 5. The maximum absolute atomic E-state index is 10.1. The summed E-state index contributed by atoms with van der Waals surface area (Å²) >= 11 is 0. The van der Waals surface area contributed by atoms with E-state index in [1.165, 1.54) is 6.42 Å². The number of aliphatic hydroxyl groups is 1. The van der Waals surface area contributed by atoms with Crippen LogP contribution in [0.2, 0.25) is 0 Å². The summed E-state index contributed by atoms with van der Waals surface area (Å²) in [6, 6.07) is 0. The molecular formula is C11H14O2. The van der Waals surface area contributed by atoms with E-state index in [1.807, 2.05) is 0 Å². The zero-order valence-electron chi connectivity index (χ0n) is 7.52. The van der Waals surface area contributed by atoms with E-state index < -0.39 is 0 Å². The fraction of sp³-hybridized carbons (Fsp3) is 1.00. The van der Waals surface area contributed by atoms with Crippen LogP contribution in [0.25, 0.3) is 0 Å². The molecule has 0 aromatic carbocycles. The topological polar surface area (TPSA) is 32.8 Å². The SMILES string of the molecule is OC12CC3C4CC5OC5C4C(C1)C32. The lowest BCUT2D eigenvalue weighted by atomic mass is 9.47. The van der Waals surface area contributed by atoms with Crippen molar-refractivity contribution >= 4 is 0 Å². The molecule has 2 heteroatoms. The number of epoxide rings is 1. The Labute approximate surface area is 77.3 Å². The fourth-order valence-corrected chi connectivity index (χ4v) is 5.39. The Morgan fingerprint density at radius 2 is 2.00 bits per heavy atom. The predicted molar refractivity (Wildman–Crippen MR) is 44.9 cm³/mol. The van der Waals surface area contributed by atoms with E-state index in [1.54, 1.807) is 0 Å². The molecule has 1 heterocycles. The first kappa shape index (κ1) is 6.41. The zero-order valence-corrected chi connectivity index (χ0v) is 7.52. The van der Waals surface area contributed by atoms with Crippen LogP contribution in [0.3, 0.4) is 0 Å². The van der Waals surface area contributed by atoms with Gasteiger partial charge in [-0.25, -0.2) is 0 Å². The monoisotopic (exact) mass is 178 g/mol. The van der Waals surface area contributed by atoms with Gasteiger partial charge in [0.05, 0.1) is 17.8 Å². The molecule has 0 aromatic heterocycles. The van der Waals surface area contributed by atoms with Crippen molar-refractivity contribution in [1.82, 2.24) is 0 Å². The van der Waals surface area contributed by atoms with Crippen molar-refractivity contribution in [2.45, 2.75) is 37.1 Å². The van der Waals surface area contributed by atoms with Gasteiger partial charge in [-0.05, 0) is 48.9 Å². The summed E-state index contributed by atoms with van der Waals surface area (Å²) in [6.07, 6.45) is 4.81. The molecule has 13 heavy (non-hydrogen) atoms. The van der Waals surface area contributed by atoms with Gasteiger partial charge in [0.25, 0.3) is 0 Å². The van der Waals surface area contributed by atoms with Crippen LogP contribution in [0.4, 0.5) is 0 Å². The van der Waals surface area contributed by atoms with Gasteiger partial charge in [0.2, 0.25) is 0 Å². The van der Waals surface area contributed by atoms with Crippen LogP contribution in [0.5, 0.6) is 0 Å². The van der Waals surface area contributed by atoms with Gasteiger partial charge in [-0.1, -0.05) is 0 Å². The molecule has 5 aliphatic rings. The first-order valence-electron chi connectivity index (χ1n) is 5.66. The molecule has 8 unspecified atom stereocenters. The molecule has 4 aliphatic carbocycles. The predicted octanol–water partition coefficient (Wildman–Crippen LogP) is 0.791. The van der Waals surface area contributed by atoms with Crippen LogP contribution < -0.4 is 0 Å². The highest BCUT2D eigenvalue weighted by atomic mass is 16.6. The van der Waals surface area contributed by atoms with Crippen LogP contribution in [0, 0.1) is 29.6 Å². The Morgan fingerprint density at radius 3 is 2.85 bits per heavy atom. The third-order valence-electron chi connectivity index (χ3n) is 5.77. The van der Waals surface area contributed by atoms with Crippen molar-refractivity contribution in [2.75, 3.05) is 0 Å². The van der Waals surface area contributed by atoms with E-state index in [9.17, 15) is 5.11 Å². The normalized spacial score (nSPS) is 80.5. The number of hydrogen-bond donors (Lipinski definition) is 1. The molecule has 5 fully saturated rings. The van der Waals surface area contributed by atoms with Gasteiger partial charge in [-0.3, -0.25) is 0 Å². The molecular weight excluding hydrogens is 164 g/mol. The standard InChI is InChI=1S/C11H14O2/c12-11-2-5-4-1-7-10(13-7)8(4)6(3-11)9(5)11/h4-10,12H,1-3H2. The summed E-state index contributed by atoms with van der Waals surface area (Å²) in [5.41, 5.74) is -0.190. The van der Waals surface area contributed by atoms with E-state index in [0.29, 0.717) is 18.1 Å². The van der Waals surface area contributed by atoms with Crippen molar-refractivity contribution in [3.05, 3.63) is 0 Å². The fourth-order valence-electron chi connectivity index (χ4n) is 5.39. The highest BCUT2D eigenvalue weighted by Crippen LogP contribution is 2.76. The Kier molecular flexibility index (Phi) is 0.733. The van der Waals surface area contributed by atoms with E-state index in [2.05, 4.69) is 0 Å². The third-order valence-corrected chi connectivity index (χ3v) is 5.77. The molecule has 0 amide bonds. The second kappa shape index (κ2) is 1.49. The summed E-state index contributed by atoms with van der Waals surface area (Å²) in [5, 5.41) is 10.1. The molecule has 0 radical (unpaired) electrons. The smallest absolute Gasteiger partial charge is 0.0875 e. The average molecular weight is 178 g/mol. The first-order chi connectivity index (χ1) is 6.28. The number of hydrogen-bond acceptors (Lipinski definition) is 2. The lowest BCUT2D eigenvalue weighted by Gasteiger charge is -2.61.